The van der Waals surface area contributed by atoms with E-state index in [1.807, 2.05) is 48.8 Å². The number of amides is 1. The Bertz CT molecular complexity index is 977. The lowest BCUT2D eigenvalue weighted by molar-refractivity contribution is 0.0937. The summed E-state index contributed by atoms with van der Waals surface area (Å²) in [4.78, 5) is 12.6. The second-order valence-corrected chi connectivity index (χ2v) is 8.02. The van der Waals surface area contributed by atoms with Crippen LogP contribution in [-0.4, -0.2) is 20.7 Å². The highest BCUT2D eigenvalue weighted by molar-refractivity contribution is 7.98. The lowest BCUT2D eigenvalue weighted by atomic mass is 10.1. The monoisotopic (exact) mass is 406 g/mol. The van der Waals surface area contributed by atoms with Gasteiger partial charge in [-0.25, -0.2) is 0 Å². The van der Waals surface area contributed by atoms with Gasteiger partial charge in [0.1, 0.15) is 0 Å². The van der Waals surface area contributed by atoms with Crippen LogP contribution < -0.4 is 5.32 Å². The van der Waals surface area contributed by atoms with E-state index in [1.165, 1.54) is 11.1 Å². The number of thioether (sulfide) groups is 1. The molecule has 3 rings (SSSR count). The molecule has 1 unspecified atom stereocenters. The molecule has 1 aromatic heterocycles. The molecule has 2 aromatic carbocycles. The van der Waals surface area contributed by atoms with E-state index >= 15 is 0 Å². The molecule has 0 radical (unpaired) electrons. The summed E-state index contributed by atoms with van der Waals surface area (Å²) in [5.74, 6) is 1.40. The van der Waals surface area contributed by atoms with Crippen molar-refractivity contribution >= 4 is 17.7 Å². The number of nitrogens with one attached hydrogen (secondary N) is 1. The third-order valence-corrected chi connectivity index (χ3v) is 5.63. The quantitative estimate of drug-likeness (QED) is 0.428. The van der Waals surface area contributed by atoms with Gasteiger partial charge in [-0.05, 0) is 38.5 Å². The molecular weight excluding hydrogens is 380 g/mol. The van der Waals surface area contributed by atoms with E-state index in [2.05, 4.69) is 53.3 Å². The molecule has 0 bridgehead atoms. The second kappa shape index (κ2) is 9.56. The van der Waals surface area contributed by atoms with Crippen molar-refractivity contribution in [3.8, 4) is 0 Å². The molecule has 3 aromatic rings. The largest absolute Gasteiger partial charge is 0.342 e. The number of aryl methyl sites for hydroxylation is 2. The number of hydrogen-bond acceptors (Lipinski definition) is 4. The Morgan fingerprint density at radius 2 is 1.72 bits per heavy atom. The average molecular weight is 407 g/mol. The molecule has 1 atom stereocenters. The fraction of sp³-hybridized carbons (Fsp3) is 0.261. The van der Waals surface area contributed by atoms with E-state index < -0.39 is 0 Å². The SMILES string of the molecule is C=CCn1c(SCc2ccc(C)cc2)nnc1C(C)NC(=O)c1ccc(C)cc1. The highest BCUT2D eigenvalue weighted by atomic mass is 32.2. The number of rotatable bonds is 8. The summed E-state index contributed by atoms with van der Waals surface area (Å²) in [5, 5.41) is 12.5. The molecule has 0 fully saturated rings. The molecule has 1 N–H and O–H groups in total. The van der Waals surface area contributed by atoms with Gasteiger partial charge in [-0.2, -0.15) is 0 Å². The Balaban J connectivity index is 1.72. The van der Waals surface area contributed by atoms with Gasteiger partial charge >= 0.3 is 0 Å². The summed E-state index contributed by atoms with van der Waals surface area (Å²) in [6.45, 7) is 10.4. The molecule has 0 spiro atoms. The molecule has 0 aliphatic heterocycles. The lowest BCUT2D eigenvalue weighted by Gasteiger charge is -2.15. The minimum atomic E-state index is -0.273. The van der Waals surface area contributed by atoms with E-state index in [0.717, 1.165) is 22.3 Å². The lowest BCUT2D eigenvalue weighted by Crippen LogP contribution is -2.28. The van der Waals surface area contributed by atoms with Crippen molar-refractivity contribution in [1.82, 2.24) is 20.1 Å². The van der Waals surface area contributed by atoms with Crippen molar-refractivity contribution in [1.29, 1.82) is 0 Å². The summed E-state index contributed by atoms with van der Waals surface area (Å²) in [6, 6.07) is 15.7. The van der Waals surface area contributed by atoms with Gasteiger partial charge in [0.05, 0.1) is 6.04 Å². The van der Waals surface area contributed by atoms with E-state index in [9.17, 15) is 4.79 Å². The predicted octanol–water partition coefficient (Wildman–Crippen LogP) is 4.86. The third kappa shape index (κ3) is 5.35. The average Bonchev–Trinajstić information content (AvgIpc) is 3.11. The minimum absolute atomic E-state index is 0.125. The van der Waals surface area contributed by atoms with Crippen LogP contribution >= 0.6 is 11.8 Å². The number of allylic oxidation sites excluding steroid dienone is 1. The fourth-order valence-electron chi connectivity index (χ4n) is 2.91. The molecule has 5 nitrogen and oxygen atoms in total. The number of nitrogens with zero attached hydrogens (tertiary/aromatic N) is 3. The first-order valence-corrected chi connectivity index (χ1v) is 10.6. The number of aromatic nitrogens is 3. The normalized spacial score (nSPS) is 11.8. The Kier molecular flexibility index (Phi) is 6.88. The van der Waals surface area contributed by atoms with Crippen molar-refractivity contribution in [3.63, 3.8) is 0 Å². The zero-order chi connectivity index (χ0) is 20.8. The first kappa shape index (κ1) is 20.9. The summed E-state index contributed by atoms with van der Waals surface area (Å²) in [6.07, 6.45) is 1.82. The van der Waals surface area contributed by atoms with Gasteiger partial charge in [0, 0.05) is 17.9 Å². The van der Waals surface area contributed by atoms with Crippen molar-refractivity contribution in [3.05, 3.63) is 89.3 Å². The molecule has 0 aliphatic rings. The van der Waals surface area contributed by atoms with Crippen LogP contribution in [0.4, 0.5) is 0 Å². The Morgan fingerprint density at radius 1 is 1.10 bits per heavy atom. The fourth-order valence-corrected chi connectivity index (χ4v) is 3.82. The summed E-state index contributed by atoms with van der Waals surface area (Å²) < 4.78 is 2.01. The second-order valence-electron chi connectivity index (χ2n) is 7.08. The number of hydrogen-bond donors (Lipinski definition) is 1. The van der Waals surface area contributed by atoms with Gasteiger partial charge in [0.15, 0.2) is 11.0 Å². The van der Waals surface area contributed by atoms with E-state index in [1.54, 1.807) is 11.8 Å². The molecule has 0 aliphatic carbocycles. The first-order chi connectivity index (χ1) is 14.0. The van der Waals surface area contributed by atoms with Crippen molar-refractivity contribution < 1.29 is 4.79 Å². The molecule has 29 heavy (non-hydrogen) atoms. The van der Waals surface area contributed by atoms with Gasteiger partial charge in [-0.3, -0.25) is 4.79 Å². The van der Waals surface area contributed by atoms with Crippen LogP contribution in [0.25, 0.3) is 0 Å². The van der Waals surface area contributed by atoms with Crippen LogP contribution in [0.3, 0.4) is 0 Å². The topological polar surface area (TPSA) is 59.8 Å². The Morgan fingerprint density at radius 3 is 2.34 bits per heavy atom. The molecule has 1 heterocycles. The van der Waals surface area contributed by atoms with E-state index in [4.69, 9.17) is 0 Å². The molecule has 0 saturated carbocycles. The number of carbonyl (C=O) groups excluding carboxylic acids is 1. The summed E-state index contributed by atoms with van der Waals surface area (Å²) in [7, 11) is 0. The predicted molar refractivity (Wildman–Crippen MR) is 118 cm³/mol. The van der Waals surface area contributed by atoms with Crippen LogP contribution in [0, 0.1) is 13.8 Å². The molecule has 6 heteroatoms. The standard InChI is InChI=1S/C23H26N4OS/c1-5-14-27-21(18(4)24-22(28)20-12-8-17(3)9-13-20)25-26-23(27)29-15-19-10-6-16(2)7-11-19/h5-13,18H,1,14-15H2,2-4H3,(H,24,28). The minimum Gasteiger partial charge on any atom is -0.342 e. The van der Waals surface area contributed by atoms with E-state index in [0.29, 0.717) is 12.1 Å². The highest BCUT2D eigenvalue weighted by Gasteiger charge is 2.20. The summed E-state index contributed by atoms with van der Waals surface area (Å²) in [5.41, 5.74) is 4.23. The maximum atomic E-state index is 12.6. The van der Waals surface area contributed by atoms with Crippen LogP contribution in [-0.2, 0) is 12.3 Å². The van der Waals surface area contributed by atoms with Crippen LogP contribution in [0.1, 0.15) is 45.8 Å². The Labute approximate surface area is 176 Å². The van der Waals surface area contributed by atoms with Crippen LogP contribution in [0.15, 0.2) is 66.3 Å². The number of carbonyl (C=O) groups is 1. The zero-order valence-electron chi connectivity index (χ0n) is 17.1. The van der Waals surface area contributed by atoms with Gasteiger partial charge in [0.25, 0.3) is 5.91 Å². The number of benzene rings is 2. The Hall–Kier alpha value is -2.86. The molecule has 1 amide bonds. The van der Waals surface area contributed by atoms with Gasteiger partial charge < -0.3 is 9.88 Å². The maximum Gasteiger partial charge on any atom is 0.251 e. The van der Waals surface area contributed by atoms with Crippen molar-refractivity contribution in [2.75, 3.05) is 0 Å². The maximum absolute atomic E-state index is 12.6. The van der Waals surface area contributed by atoms with Crippen molar-refractivity contribution in [2.24, 2.45) is 0 Å². The zero-order valence-corrected chi connectivity index (χ0v) is 17.9. The summed E-state index contributed by atoms with van der Waals surface area (Å²) >= 11 is 1.63. The van der Waals surface area contributed by atoms with Crippen LogP contribution in [0.2, 0.25) is 0 Å². The van der Waals surface area contributed by atoms with Crippen molar-refractivity contribution in [2.45, 2.75) is 44.3 Å². The highest BCUT2D eigenvalue weighted by Crippen LogP contribution is 2.24. The van der Waals surface area contributed by atoms with Crippen LogP contribution in [0.5, 0.6) is 0 Å². The molecule has 0 saturated heterocycles. The van der Waals surface area contributed by atoms with Gasteiger partial charge in [-0.1, -0.05) is 65.4 Å². The van der Waals surface area contributed by atoms with E-state index in [-0.39, 0.29) is 11.9 Å². The first-order valence-electron chi connectivity index (χ1n) is 9.58. The van der Waals surface area contributed by atoms with Gasteiger partial charge in [-0.15, -0.1) is 16.8 Å². The smallest absolute Gasteiger partial charge is 0.251 e. The van der Waals surface area contributed by atoms with Gasteiger partial charge in [0.2, 0.25) is 0 Å². The molecule has 150 valence electrons. The third-order valence-electron chi connectivity index (χ3n) is 4.59. The molecular formula is C23H26N4OS.